The number of hydrogen-bond acceptors (Lipinski definition) is 9. The van der Waals surface area contributed by atoms with Crippen LogP contribution in [0.5, 0.6) is 0 Å². The summed E-state index contributed by atoms with van der Waals surface area (Å²) in [6.45, 7) is 9.11. The number of anilines is 1. The Balaban J connectivity index is 1.49. The van der Waals surface area contributed by atoms with E-state index < -0.39 is 32.0 Å². The summed E-state index contributed by atoms with van der Waals surface area (Å²) in [6, 6.07) is 24.1. The maximum atomic E-state index is 13.1. The van der Waals surface area contributed by atoms with Crippen LogP contribution in [0.4, 0.5) is 11.4 Å². The zero-order chi connectivity index (χ0) is 47.0. The first kappa shape index (κ1) is 50.7. The largest absolute Gasteiger partial charge is 0.481 e. The number of carbonyl (C=O) groups is 3. The van der Waals surface area contributed by atoms with E-state index >= 15 is 0 Å². The molecule has 2 amide bonds. The molecule has 0 aromatic heterocycles. The molecule has 17 heteroatoms. The van der Waals surface area contributed by atoms with Crippen LogP contribution in [0.1, 0.15) is 94.5 Å². The summed E-state index contributed by atoms with van der Waals surface area (Å²) in [4.78, 5) is 38.4. The van der Waals surface area contributed by atoms with Crippen molar-refractivity contribution in [2.24, 2.45) is 5.73 Å². The number of rotatable bonds is 23. The monoisotopic (exact) mass is 916 g/mol. The average molecular weight is 917 g/mol. The van der Waals surface area contributed by atoms with Crippen LogP contribution in [0.25, 0.3) is 0 Å². The first-order chi connectivity index (χ1) is 30.2. The van der Waals surface area contributed by atoms with Gasteiger partial charge in [-0.3, -0.25) is 23.5 Å². The Morgan fingerprint density at radius 3 is 1.88 bits per heavy atom. The molecule has 0 aliphatic carbocycles. The van der Waals surface area contributed by atoms with Crippen molar-refractivity contribution in [1.29, 1.82) is 0 Å². The summed E-state index contributed by atoms with van der Waals surface area (Å²) in [5.41, 5.74) is 13.8. The second kappa shape index (κ2) is 23.6. The summed E-state index contributed by atoms with van der Waals surface area (Å²) in [5, 5.41) is 14.9. The van der Waals surface area contributed by atoms with Gasteiger partial charge in [-0.15, -0.1) is 0 Å². The average Bonchev–Trinajstić information content (AvgIpc) is 3.24. The van der Waals surface area contributed by atoms with Gasteiger partial charge in [-0.2, -0.15) is 21.4 Å². The van der Waals surface area contributed by atoms with Crippen molar-refractivity contribution < 1.29 is 50.0 Å². The first-order valence-electron chi connectivity index (χ1n) is 20.8. The van der Waals surface area contributed by atoms with Crippen LogP contribution in [0.15, 0.2) is 114 Å². The molecule has 0 unspecified atom stereocenters. The normalized spacial score (nSPS) is 12.5. The number of nitrogens with zero attached hydrogens (tertiary/aromatic N) is 2. The van der Waals surface area contributed by atoms with E-state index in [4.69, 9.17) is 10.8 Å². The molecule has 0 heterocycles. The number of carboxylic acid groups (broad SMARTS) is 1. The highest BCUT2D eigenvalue weighted by molar-refractivity contribution is 7.86. The molecule has 342 valence electrons. The van der Waals surface area contributed by atoms with Crippen LogP contribution in [0, 0.1) is 13.8 Å². The number of unbranched alkanes of at least 4 members (excludes halogenated alkanes) is 2. The lowest BCUT2D eigenvalue weighted by atomic mass is 10.1. The van der Waals surface area contributed by atoms with Gasteiger partial charge in [0.15, 0.2) is 5.71 Å². The van der Waals surface area contributed by atoms with Gasteiger partial charge in [0, 0.05) is 86.2 Å². The van der Waals surface area contributed by atoms with E-state index in [2.05, 4.69) is 10.6 Å². The van der Waals surface area contributed by atoms with Crippen LogP contribution >= 0.6 is 0 Å². The molecule has 15 nitrogen and oxygen atoms in total. The molecule has 0 saturated heterocycles. The smallest absolute Gasteiger partial charge is 0.303 e. The summed E-state index contributed by atoms with van der Waals surface area (Å²) in [7, 11) is -8.61. The van der Waals surface area contributed by atoms with Gasteiger partial charge in [0.1, 0.15) is 6.54 Å². The van der Waals surface area contributed by atoms with E-state index in [1.54, 1.807) is 49.4 Å². The quantitative estimate of drug-likeness (QED) is 0.0147. The van der Waals surface area contributed by atoms with Gasteiger partial charge in [0.2, 0.25) is 5.69 Å². The van der Waals surface area contributed by atoms with Crippen molar-refractivity contribution in [1.82, 2.24) is 10.6 Å². The van der Waals surface area contributed by atoms with Gasteiger partial charge >= 0.3 is 5.97 Å². The third-order valence-electron chi connectivity index (χ3n) is 10.5. The predicted octanol–water partition coefficient (Wildman–Crippen LogP) is 6.86. The van der Waals surface area contributed by atoms with E-state index in [0.29, 0.717) is 54.7 Å². The predicted molar refractivity (Wildman–Crippen MR) is 248 cm³/mol. The molecule has 0 bridgehead atoms. The molecule has 7 N–H and O–H groups in total. The summed E-state index contributed by atoms with van der Waals surface area (Å²) < 4.78 is 67.9. The van der Waals surface area contributed by atoms with Crippen LogP contribution in [0.2, 0.25) is 0 Å². The number of carbonyl (C=O) groups excluding carboxylic acids is 2. The highest BCUT2D eigenvalue weighted by atomic mass is 32.2. The molecule has 0 aliphatic heterocycles. The lowest BCUT2D eigenvalue weighted by Gasteiger charge is -2.27. The van der Waals surface area contributed by atoms with Gasteiger partial charge in [-0.05, 0) is 110 Å². The number of nitrogens with one attached hydrogen (secondary N) is 2. The molecule has 0 aliphatic rings. The highest BCUT2D eigenvalue weighted by Crippen LogP contribution is 2.27. The number of benzene rings is 4. The second-order valence-electron chi connectivity index (χ2n) is 15.5. The minimum absolute atomic E-state index is 0.0579. The van der Waals surface area contributed by atoms with Crippen LogP contribution in [-0.4, -0.2) is 78.0 Å². The lowest BCUT2D eigenvalue weighted by Crippen LogP contribution is -2.24. The molecule has 0 spiro atoms. The molecule has 0 saturated carbocycles. The maximum Gasteiger partial charge on any atom is 0.303 e. The number of nitrogens with two attached hydrogens (primary N) is 1. The fourth-order valence-corrected chi connectivity index (χ4v) is 8.02. The van der Waals surface area contributed by atoms with Gasteiger partial charge in [-0.1, -0.05) is 42.8 Å². The van der Waals surface area contributed by atoms with Crippen LogP contribution < -0.4 is 21.3 Å². The summed E-state index contributed by atoms with van der Waals surface area (Å²) in [6.07, 6.45) is 7.61. The van der Waals surface area contributed by atoms with Crippen molar-refractivity contribution in [2.75, 3.05) is 23.7 Å². The third-order valence-corrected chi connectivity index (χ3v) is 12.1. The molecule has 4 rings (SSSR count). The number of aliphatic carboxylic acids is 1. The highest BCUT2D eigenvalue weighted by Gasteiger charge is 2.19. The molecular formula is C47H58N5O10S2+. The Labute approximate surface area is 375 Å². The van der Waals surface area contributed by atoms with E-state index in [1.165, 1.54) is 12.1 Å². The molecule has 0 atom stereocenters. The van der Waals surface area contributed by atoms with Gasteiger partial charge in [-0.25, -0.2) is 0 Å². The standard InChI is InChI=1S/C47H57N5O10S2/c1-33-28-39(32-50-47(56)41-20-15-38(16-21-41)31-49-46(55)40-18-13-37(30-48)14-19-40)17-23-43(33)52(26-9-27-63(57,58)59)36(4)11-8-10-35(3)51(25-7-5-6-12-45(53)54)44-24-22-42(29-34(44)2)64(60,61)62/h8,10-11,13-24,28-29H,5-7,9,12,25-27,30-32,48H2,1-4H3,(H4-,49,50,53,54,55,56,57,58,59,60,61,62)/p+1. The Hall–Kier alpha value is -5.98. The minimum Gasteiger partial charge on any atom is -0.481 e. The number of carboxylic acids is 1. The number of amides is 2. The lowest BCUT2D eigenvalue weighted by molar-refractivity contribution is -0.440. The minimum atomic E-state index is -4.41. The maximum absolute atomic E-state index is 13.1. The van der Waals surface area contributed by atoms with Gasteiger partial charge < -0.3 is 26.4 Å². The number of aryl methyl sites for hydroxylation is 2. The SMILES string of the molecule is CC(/C=C/C=C(\C)N(CCCCCC(=O)O)c1ccc(S(=O)(=O)O)cc1C)=[N+](CCCS(=O)(=O)O)c1ccc(CNC(=O)c2ccc(CNC(=O)c3ccc(CN)cc3)cc2)cc1C. The first-order valence-corrected chi connectivity index (χ1v) is 23.8. The van der Waals surface area contributed by atoms with Crippen LogP contribution in [-0.2, 0) is 44.7 Å². The third kappa shape index (κ3) is 16.0. The second-order valence-corrected chi connectivity index (χ2v) is 18.5. The Morgan fingerprint density at radius 2 is 1.33 bits per heavy atom. The zero-order valence-corrected chi connectivity index (χ0v) is 38.2. The van der Waals surface area contributed by atoms with E-state index in [1.807, 2.05) is 78.8 Å². The number of hydrogen-bond donors (Lipinski definition) is 6. The molecule has 0 radical (unpaired) electrons. The Morgan fingerprint density at radius 1 is 0.734 bits per heavy atom. The van der Waals surface area contributed by atoms with Crippen molar-refractivity contribution >= 4 is 55.1 Å². The Kier molecular flexibility index (Phi) is 18.7. The molecular weight excluding hydrogens is 859 g/mol. The summed E-state index contributed by atoms with van der Waals surface area (Å²) >= 11 is 0. The van der Waals surface area contributed by atoms with E-state index in [-0.39, 0.29) is 49.2 Å². The van der Waals surface area contributed by atoms with Crippen molar-refractivity contribution in [3.8, 4) is 0 Å². The van der Waals surface area contributed by atoms with E-state index in [0.717, 1.165) is 39.3 Å². The van der Waals surface area contributed by atoms with Crippen molar-refractivity contribution in [2.45, 2.75) is 84.3 Å². The summed E-state index contributed by atoms with van der Waals surface area (Å²) in [5.74, 6) is -1.79. The van der Waals surface area contributed by atoms with Gasteiger partial charge in [0.25, 0.3) is 32.1 Å². The fraction of sp³-hybridized carbons (Fsp3) is 0.319. The molecule has 64 heavy (non-hydrogen) atoms. The zero-order valence-electron chi connectivity index (χ0n) is 36.6. The molecule has 4 aromatic carbocycles. The van der Waals surface area contributed by atoms with Crippen LogP contribution in [0.3, 0.4) is 0 Å². The van der Waals surface area contributed by atoms with Crippen molar-refractivity contribution in [3.63, 3.8) is 0 Å². The topological polar surface area (TPSA) is 237 Å². The molecule has 4 aromatic rings. The Bertz CT molecular complexity index is 2610. The van der Waals surface area contributed by atoms with E-state index in [9.17, 15) is 40.3 Å². The van der Waals surface area contributed by atoms with Crippen molar-refractivity contribution in [3.05, 3.63) is 148 Å². The fourth-order valence-electron chi connectivity index (χ4n) is 6.96. The van der Waals surface area contributed by atoms with Gasteiger partial charge in [0.05, 0.1) is 10.6 Å². The molecule has 0 fully saturated rings. The number of allylic oxidation sites excluding steroid dienone is 4.